The fourth-order valence-electron chi connectivity index (χ4n) is 2.42. The number of hydrogen-bond acceptors (Lipinski definition) is 5. The zero-order chi connectivity index (χ0) is 16.9. The van der Waals surface area contributed by atoms with Gasteiger partial charge in [0.1, 0.15) is 18.1 Å². The van der Waals surface area contributed by atoms with Crippen LogP contribution in [-0.4, -0.2) is 31.4 Å². The number of aromatic carboxylic acids is 1. The Morgan fingerprint density at radius 2 is 1.88 bits per heavy atom. The van der Waals surface area contributed by atoms with Crippen LogP contribution < -0.4 is 9.47 Å². The van der Waals surface area contributed by atoms with Crippen molar-refractivity contribution in [2.45, 2.75) is 12.9 Å². The standard InChI is InChI=1S/C18H18O6/c1-21-14-5-2-12(3-6-14)11-24-16-7-4-13(17(19)20)10-15(16)18-22-8-9-23-18/h2-7,10,18H,8-9,11H2,1H3,(H,19,20). The number of ether oxygens (including phenoxy) is 4. The summed E-state index contributed by atoms with van der Waals surface area (Å²) in [6.45, 7) is 1.29. The van der Waals surface area contributed by atoms with Crippen molar-refractivity contribution in [1.82, 2.24) is 0 Å². The van der Waals surface area contributed by atoms with Gasteiger partial charge < -0.3 is 24.1 Å². The van der Waals surface area contributed by atoms with Gasteiger partial charge in [-0.25, -0.2) is 4.79 Å². The highest BCUT2D eigenvalue weighted by Crippen LogP contribution is 2.32. The highest BCUT2D eigenvalue weighted by atomic mass is 16.7. The molecule has 0 amide bonds. The molecule has 1 fully saturated rings. The van der Waals surface area contributed by atoms with Gasteiger partial charge in [0.25, 0.3) is 0 Å². The second-order valence-electron chi connectivity index (χ2n) is 5.27. The molecule has 1 N–H and O–H groups in total. The van der Waals surface area contributed by atoms with Crippen molar-refractivity contribution < 1.29 is 28.8 Å². The van der Waals surface area contributed by atoms with Crippen LogP contribution in [0.5, 0.6) is 11.5 Å². The van der Waals surface area contributed by atoms with Crippen LogP contribution in [0.3, 0.4) is 0 Å². The smallest absolute Gasteiger partial charge is 0.335 e. The first-order valence-electron chi connectivity index (χ1n) is 7.53. The lowest BCUT2D eigenvalue weighted by Crippen LogP contribution is -2.06. The molecule has 1 saturated heterocycles. The molecule has 0 bridgehead atoms. The molecule has 1 aliphatic rings. The second-order valence-corrected chi connectivity index (χ2v) is 5.27. The maximum absolute atomic E-state index is 11.2. The third-order valence-corrected chi connectivity index (χ3v) is 3.69. The molecule has 0 radical (unpaired) electrons. The summed E-state index contributed by atoms with van der Waals surface area (Å²) in [7, 11) is 1.61. The van der Waals surface area contributed by atoms with E-state index in [2.05, 4.69) is 0 Å². The largest absolute Gasteiger partial charge is 0.497 e. The van der Waals surface area contributed by atoms with E-state index < -0.39 is 12.3 Å². The van der Waals surface area contributed by atoms with Crippen molar-refractivity contribution in [3.05, 3.63) is 59.2 Å². The van der Waals surface area contributed by atoms with Gasteiger partial charge in [0.15, 0.2) is 6.29 Å². The van der Waals surface area contributed by atoms with E-state index in [0.717, 1.165) is 11.3 Å². The minimum Gasteiger partial charge on any atom is -0.497 e. The molecule has 24 heavy (non-hydrogen) atoms. The topological polar surface area (TPSA) is 74.2 Å². The van der Waals surface area contributed by atoms with Crippen molar-refractivity contribution in [2.75, 3.05) is 20.3 Å². The number of methoxy groups -OCH3 is 1. The lowest BCUT2D eigenvalue weighted by Gasteiger charge is -2.16. The SMILES string of the molecule is COc1ccc(COc2ccc(C(=O)O)cc2C2OCCO2)cc1. The predicted octanol–water partition coefficient (Wildman–Crippen LogP) is 3.02. The Bertz CT molecular complexity index is 704. The summed E-state index contributed by atoms with van der Waals surface area (Å²) in [6.07, 6.45) is -0.602. The number of carbonyl (C=O) groups is 1. The van der Waals surface area contributed by atoms with Gasteiger partial charge in [-0.2, -0.15) is 0 Å². The molecule has 0 saturated carbocycles. The summed E-state index contributed by atoms with van der Waals surface area (Å²) in [4.78, 5) is 11.2. The average Bonchev–Trinajstić information content (AvgIpc) is 3.14. The summed E-state index contributed by atoms with van der Waals surface area (Å²) in [6, 6.07) is 12.2. The molecule has 2 aromatic rings. The van der Waals surface area contributed by atoms with Crippen LogP contribution in [-0.2, 0) is 16.1 Å². The molecule has 2 aromatic carbocycles. The zero-order valence-electron chi connectivity index (χ0n) is 13.2. The third-order valence-electron chi connectivity index (χ3n) is 3.69. The molecule has 1 heterocycles. The summed E-state index contributed by atoms with van der Waals surface area (Å²) in [5.74, 6) is 0.316. The molecule has 0 unspecified atom stereocenters. The lowest BCUT2D eigenvalue weighted by atomic mass is 10.1. The number of carboxylic acids is 1. The van der Waals surface area contributed by atoms with Crippen molar-refractivity contribution in [3.8, 4) is 11.5 Å². The van der Waals surface area contributed by atoms with Gasteiger partial charge in [-0.3, -0.25) is 0 Å². The summed E-state index contributed by atoms with van der Waals surface area (Å²) in [5.41, 5.74) is 1.72. The van der Waals surface area contributed by atoms with Crippen molar-refractivity contribution in [1.29, 1.82) is 0 Å². The molecule has 6 nitrogen and oxygen atoms in total. The highest BCUT2D eigenvalue weighted by Gasteiger charge is 2.23. The molecule has 0 atom stereocenters. The van der Waals surface area contributed by atoms with E-state index in [9.17, 15) is 4.79 Å². The molecule has 0 aromatic heterocycles. The van der Waals surface area contributed by atoms with Crippen molar-refractivity contribution in [3.63, 3.8) is 0 Å². The number of hydrogen-bond donors (Lipinski definition) is 1. The van der Waals surface area contributed by atoms with E-state index >= 15 is 0 Å². The first kappa shape index (κ1) is 16.3. The first-order valence-corrected chi connectivity index (χ1v) is 7.53. The Kier molecular flexibility index (Phi) is 4.98. The minimum atomic E-state index is -1.00. The van der Waals surface area contributed by atoms with E-state index in [4.69, 9.17) is 24.1 Å². The van der Waals surface area contributed by atoms with Crippen LogP contribution in [0.4, 0.5) is 0 Å². The molecule has 0 spiro atoms. The Labute approximate surface area is 139 Å². The third kappa shape index (κ3) is 3.67. The predicted molar refractivity (Wildman–Crippen MR) is 85.4 cm³/mol. The van der Waals surface area contributed by atoms with Crippen LogP contribution >= 0.6 is 0 Å². The normalized spacial score (nSPS) is 14.5. The quantitative estimate of drug-likeness (QED) is 0.877. The van der Waals surface area contributed by atoms with E-state index in [0.29, 0.717) is 31.1 Å². The van der Waals surface area contributed by atoms with Gasteiger partial charge >= 0.3 is 5.97 Å². The Balaban J connectivity index is 1.79. The van der Waals surface area contributed by atoms with Crippen LogP contribution in [0.15, 0.2) is 42.5 Å². The van der Waals surface area contributed by atoms with Crippen LogP contribution in [0, 0.1) is 0 Å². The highest BCUT2D eigenvalue weighted by molar-refractivity contribution is 5.88. The first-order chi connectivity index (χ1) is 11.7. The number of rotatable bonds is 6. The Morgan fingerprint density at radius 1 is 1.17 bits per heavy atom. The van der Waals surface area contributed by atoms with E-state index in [1.54, 1.807) is 13.2 Å². The number of carboxylic acid groups (broad SMARTS) is 1. The fourth-order valence-corrected chi connectivity index (χ4v) is 2.42. The van der Waals surface area contributed by atoms with E-state index in [1.165, 1.54) is 12.1 Å². The van der Waals surface area contributed by atoms with Gasteiger partial charge in [-0.1, -0.05) is 12.1 Å². The van der Waals surface area contributed by atoms with Gasteiger partial charge in [-0.15, -0.1) is 0 Å². The summed E-state index contributed by atoms with van der Waals surface area (Å²) in [5, 5.41) is 9.17. The Morgan fingerprint density at radius 3 is 2.50 bits per heavy atom. The van der Waals surface area contributed by atoms with Crippen LogP contribution in [0.25, 0.3) is 0 Å². The maximum atomic E-state index is 11.2. The molecule has 126 valence electrons. The van der Waals surface area contributed by atoms with Crippen LogP contribution in [0.1, 0.15) is 27.8 Å². The lowest BCUT2D eigenvalue weighted by molar-refractivity contribution is -0.0459. The van der Waals surface area contributed by atoms with E-state index in [1.807, 2.05) is 24.3 Å². The van der Waals surface area contributed by atoms with Crippen molar-refractivity contribution in [2.24, 2.45) is 0 Å². The van der Waals surface area contributed by atoms with Gasteiger partial charge in [-0.05, 0) is 35.9 Å². The van der Waals surface area contributed by atoms with Gasteiger partial charge in [0.2, 0.25) is 0 Å². The Hall–Kier alpha value is -2.57. The fraction of sp³-hybridized carbons (Fsp3) is 0.278. The van der Waals surface area contributed by atoms with Crippen molar-refractivity contribution >= 4 is 5.97 Å². The van der Waals surface area contributed by atoms with Crippen LogP contribution in [0.2, 0.25) is 0 Å². The molecule has 0 aliphatic carbocycles. The molecular weight excluding hydrogens is 312 g/mol. The molecule has 6 heteroatoms. The number of benzene rings is 2. The molecule has 3 rings (SSSR count). The minimum absolute atomic E-state index is 0.167. The van der Waals surface area contributed by atoms with E-state index in [-0.39, 0.29) is 5.56 Å². The molecule has 1 aliphatic heterocycles. The molecular formula is C18H18O6. The van der Waals surface area contributed by atoms with Gasteiger partial charge in [0, 0.05) is 0 Å². The monoisotopic (exact) mass is 330 g/mol. The average molecular weight is 330 g/mol. The van der Waals surface area contributed by atoms with Gasteiger partial charge in [0.05, 0.1) is 31.5 Å². The summed E-state index contributed by atoms with van der Waals surface area (Å²) >= 11 is 0. The second kappa shape index (κ2) is 7.33. The maximum Gasteiger partial charge on any atom is 0.335 e. The zero-order valence-corrected chi connectivity index (χ0v) is 13.2. The summed E-state index contributed by atoms with van der Waals surface area (Å²) < 4.78 is 21.9.